The summed E-state index contributed by atoms with van der Waals surface area (Å²) in [6.45, 7) is 3.40. The molecule has 0 aliphatic carbocycles. The predicted molar refractivity (Wildman–Crippen MR) is 93.6 cm³/mol. The third-order valence-electron chi connectivity index (χ3n) is 3.03. The van der Waals surface area contributed by atoms with E-state index in [-0.39, 0.29) is 0 Å². The van der Waals surface area contributed by atoms with Gasteiger partial charge >= 0.3 is 0 Å². The van der Waals surface area contributed by atoms with Gasteiger partial charge in [0.05, 0.1) is 16.1 Å². The standard InChI is InChI=1S/C16H17Br2NO2/c1-11-5-3-4-6-14(11)19-7-8-21-16-10-12(17)15(20-2)9-13(16)18/h3-6,9-10,19H,7-8H2,1-2H3. The fourth-order valence-electron chi connectivity index (χ4n) is 1.90. The van der Waals surface area contributed by atoms with Crippen LogP contribution in [0.2, 0.25) is 0 Å². The molecule has 2 aromatic carbocycles. The molecule has 0 aromatic heterocycles. The Morgan fingerprint density at radius 2 is 1.71 bits per heavy atom. The predicted octanol–water partition coefficient (Wildman–Crippen LogP) is 5.02. The lowest BCUT2D eigenvalue weighted by Gasteiger charge is -2.13. The first-order valence-corrected chi connectivity index (χ1v) is 8.15. The van der Waals surface area contributed by atoms with Crippen molar-refractivity contribution in [1.82, 2.24) is 0 Å². The average Bonchev–Trinajstić information content (AvgIpc) is 2.48. The zero-order chi connectivity index (χ0) is 15.2. The molecule has 112 valence electrons. The maximum absolute atomic E-state index is 5.78. The Bertz CT molecular complexity index is 617. The molecular weight excluding hydrogens is 398 g/mol. The van der Waals surface area contributed by atoms with Crippen molar-refractivity contribution < 1.29 is 9.47 Å². The minimum atomic E-state index is 0.575. The first kappa shape index (κ1) is 16.2. The molecule has 0 saturated carbocycles. The zero-order valence-electron chi connectivity index (χ0n) is 12.0. The average molecular weight is 415 g/mol. The Hall–Kier alpha value is -1.20. The largest absolute Gasteiger partial charge is 0.496 e. The third-order valence-corrected chi connectivity index (χ3v) is 4.27. The van der Waals surface area contributed by atoms with Crippen LogP contribution in [-0.2, 0) is 0 Å². The highest BCUT2D eigenvalue weighted by atomic mass is 79.9. The number of para-hydroxylation sites is 1. The highest BCUT2D eigenvalue weighted by molar-refractivity contribution is 9.11. The molecule has 0 spiro atoms. The number of ether oxygens (including phenoxy) is 2. The molecule has 0 aliphatic rings. The van der Waals surface area contributed by atoms with Crippen LogP contribution in [0.4, 0.5) is 5.69 Å². The van der Waals surface area contributed by atoms with Crippen molar-refractivity contribution >= 4 is 37.5 Å². The molecular formula is C16H17Br2NO2. The second-order valence-electron chi connectivity index (χ2n) is 4.51. The molecule has 0 bridgehead atoms. The van der Waals surface area contributed by atoms with Gasteiger partial charge in [-0.25, -0.2) is 0 Å². The Balaban J connectivity index is 1.89. The van der Waals surface area contributed by atoms with Gasteiger partial charge < -0.3 is 14.8 Å². The summed E-state index contributed by atoms with van der Waals surface area (Å²) in [5, 5.41) is 3.36. The topological polar surface area (TPSA) is 30.5 Å². The fourth-order valence-corrected chi connectivity index (χ4v) is 2.82. The number of hydrogen-bond donors (Lipinski definition) is 1. The second-order valence-corrected chi connectivity index (χ2v) is 6.22. The van der Waals surface area contributed by atoms with Crippen molar-refractivity contribution in [3.8, 4) is 11.5 Å². The fraction of sp³-hybridized carbons (Fsp3) is 0.250. The molecule has 21 heavy (non-hydrogen) atoms. The first-order chi connectivity index (χ1) is 10.1. The van der Waals surface area contributed by atoms with Crippen molar-refractivity contribution in [2.75, 3.05) is 25.6 Å². The maximum Gasteiger partial charge on any atom is 0.134 e. The van der Waals surface area contributed by atoms with Gasteiger partial charge in [0.15, 0.2) is 0 Å². The molecule has 0 amide bonds. The van der Waals surface area contributed by atoms with Crippen LogP contribution in [0.1, 0.15) is 5.56 Å². The van der Waals surface area contributed by atoms with Crippen LogP contribution in [0.3, 0.4) is 0 Å². The van der Waals surface area contributed by atoms with Gasteiger partial charge in [0.25, 0.3) is 0 Å². The van der Waals surface area contributed by atoms with E-state index in [0.717, 1.165) is 32.7 Å². The van der Waals surface area contributed by atoms with E-state index >= 15 is 0 Å². The highest BCUT2D eigenvalue weighted by Crippen LogP contribution is 2.35. The van der Waals surface area contributed by atoms with E-state index in [0.29, 0.717) is 6.61 Å². The van der Waals surface area contributed by atoms with Gasteiger partial charge in [-0.2, -0.15) is 0 Å². The van der Waals surface area contributed by atoms with Gasteiger partial charge in [0.2, 0.25) is 0 Å². The lowest BCUT2D eigenvalue weighted by Crippen LogP contribution is -2.12. The number of methoxy groups -OCH3 is 1. The monoisotopic (exact) mass is 413 g/mol. The van der Waals surface area contributed by atoms with E-state index in [1.807, 2.05) is 24.3 Å². The summed E-state index contributed by atoms with van der Waals surface area (Å²) in [6.07, 6.45) is 0. The number of benzene rings is 2. The molecule has 0 radical (unpaired) electrons. The molecule has 2 rings (SSSR count). The molecule has 1 N–H and O–H groups in total. The van der Waals surface area contributed by atoms with Crippen LogP contribution < -0.4 is 14.8 Å². The lowest BCUT2D eigenvalue weighted by molar-refractivity contribution is 0.329. The van der Waals surface area contributed by atoms with Crippen LogP contribution in [0, 0.1) is 6.92 Å². The number of nitrogens with one attached hydrogen (secondary N) is 1. The number of rotatable bonds is 6. The van der Waals surface area contributed by atoms with E-state index in [1.54, 1.807) is 7.11 Å². The SMILES string of the molecule is COc1cc(Br)c(OCCNc2ccccc2C)cc1Br. The number of aryl methyl sites for hydroxylation is 1. The summed E-state index contributed by atoms with van der Waals surface area (Å²) < 4.78 is 12.8. The van der Waals surface area contributed by atoms with Gasteiger partial charge in [0.1, 0.15) is 18.1 Å². The molecule has 0 fully saturated rings. The smallest absolute Gasteiger partial charge is 0.134 e. The normalized spacial score (nSPS) is 10.3. The number of hydrogen-bond acceptors (Lipinski definition) is 3. The molecule has 0 aliphatic heterocycles. The van der Waals surface area contributed by atoms with Crippen LogP contribution in [0.5, 0.6) is 11.5 Å². The summed E-state index contributed by atoms with van der Waals surface area (Å²) in [6, 6.07) is 12.0. The summed E-state index contributed by atoms with van der Waals surface area (Å²) >= 11 is 6.94. The number of anilines is 1. The molecule has 0 saturated heterocycles. The maximum atomic E-state index is 5.78. The van der Waals surface area contributed by atoms with Gasteiger partial charge in [-0.15, -0.1) is 0 Å². The number of halogens is 2. The van der Waals surface area contributed by atoms with Gasteiger partial charge in [-0.05, 0) is 62.5 Å². The van der Waals surface area contributed by atoms with Crippen molar-refractivity contribution in [3.05, 3.63) is 50.9 Å². The van der Waals surface area contributed by atoms with Crippen LogP contribution in [0.25, 0.3) is 0 Å². The Kier molecular flexibility index (Phi) is 5.94. The van der Waals surface area contributed by atoms with E-state index in [4.69, 9.17) is 9.47 Å². The van der Waals surface area contributed by atoms with E-state index in [1.165, 1.54) is 5.56 Å². The minimum absolute atomic E-state index is 0.575. The lowest BCUT2D eigenvalue weighted by atomic mass is 10.2. The third kappa shape index (κ3) is 4.38. The first-order valence-electron chi connectivity index (χ1n) is 6.57. The summed E-state index contributed by atoms with van der Waals surface area (Å²) in [5.74, 6) is 1.56. The van der Waals surface area contributed by atoms with Crippen molar-refractivity contribution in [1.29, 1.82) is 0 Å². The molecule has 0 unspecified atom stereocenters. The minimum Gasteiger partial charge on any atom is -0.496 e. The van der Waals surface area contributed by atoms with Crippen LogP contribution >= 0.6 is 31.9 Å². The van der Waals surface area contributed by atoms with Gasteiger partial charge in [0, 0.05) is 12.2 Å². The second kappa shape index (κ2) is 7.71. The molecule has 2 aromatic rings. The van der Waals surface area contributed by atoms with E-state index in [9.17, 15) is 0 Å². The van der Waals surface area contributed by atoms with Crippen LogP contribution in [-0.4, -0.2) is 20.3 Å². The molecule has 5 heteroatoms. The van der Waals surface area contributed by atoms with E-state index < -0.39 is 0 Å². The van der Waals surface area contributed by atoms with Gasteiger partial charge in [-0.3, -0.25) is 0 Å². The van der Waals surface area contributed by atoms with E-state index in [2.05, 4.69) is 56.2 Å². The van der Waals surface area contributed by atoms with Crippen molar-refractivity contribution in [2.24, 2.45) is 0 Å². The summed E-state index contributed by atoms with van der Waals surface area (Å²) in [4.78, 5) is 0. The zero-order valence-corrected chi connectivity index (χ0v) is 15.1. The Labute approximate surface area is 141 Å². The highest BCUT2D eigenvalue weighted by Gasteiger charge is 2.08. The Morgan fingerprint density at radius 3 is 2.43 bits per heavy atom. The van der Waals surface area contributed by atoms with Crippen molar-refractivity contribution in [3.63, 3.8) is 0 Å². The molecule has 0 atom stereocenters. The quantitative estimate of drug-likeness (QED) is 0.673. The summed E-state index contributed by atoms with van der Waals surface area (Å²) in [7, 11) is 1.64. The molecule has 3 nitrogen and oxygen atoms in total. The van der Waals surface area contributed by atoms with Gasteiger partial charge in [-0.1, -0.05) is 18.2 Å². The van der Waals surface area contributed by atoms with Crippen LogP contribution in [0.15, 0.2) is 45.3 Å². The van der Waals surface area contributed by atoms with Crippen molar-refractivity contribution in [2.45, 2.75) is 6.92 Å². The molecule has 0 heterocycles. The Morgan fingerprint density at radius 1 is 1.05 bits per heavy atom. The summed E-state index contributed by atoms with van der Waals surface area (Å²) in [5.41, 5.74) is 2.36.